The minimum absolute atomic E-state index is 0.0428. The molecule has 0 aliphatic rings. The second-order valence-corrected chi connectivity index (χ2v) is 8.30. The van der Waals surface area contributed by atoms with Crippen molar-refractivity contribution < 1.29 is 17.9 Å². The Labute approximate surface area is 156 Å². The molecule has 0 aromatic heterocycles. The predicted octanol–water partition coefficient (Wildman–Crippen LogP) is 3.76. The van der Waals surface area contributed by atoms with Gasteiger partial charge in [0.2, 0.25) is 10.0 Å². The van der Waals surface area contributed by atoms with E-state index in [1.165, 1.54) is 12.1 Å². The van der Waals surface area contributed by atoms with Crippen molar-refractivity contribution in [2.75, 3.05) is 13.2 Å². The highest BCUT2D eigenvalue weighted by molar-refractivity contribution is 7.89. The van der Waals surface area contributed by atoms with E-state index < -0.39 is 10.0 Å². The molecule has 2 aromatic rings. The van der Waals surface area contributed by atoms with E-state index in [0.29, 0.717) is 5.75 Å². The summed E-state index contributed by atoms with van der Waals surface area (Å²) in [5.41, 5.74) is 3.26. The number of rotatable bonds is 8. The summed E-state index contributed by atoms with van der Waals surface area (Å²) in [4.78, 5) is 0.205. The standard InChI is InChI=1S/C20H27NO4S/c1-14(2)25-18-8-10-19(11-9-18)26(22,23)21-12-13-24-20-16(4)7-6-15(3)17(20)5/h6-11,14,21H,12-13H2,1-5H3. The molecular formula is C20H27NO4S. The minimum Gasteiger partial charge on any atom is -0.492 e. The van der Waals surface area contributed by atoms with Crippen LogP contribution in [0.5, 0.6) is 11.5 Å². The van der Waals surface area contributed by atoms with Crippen molar-refractivity contribution >= 4 is 10.0 Å². The maximum Gasteiger partial charge on any atom is 0.240 e. The van der Waals surface area contributed by atoms with Crippen molar-refractivity contribution in [1.29, 1.82) is 0 Å². The molecule has 0 fully saturated rings. The monoisotopic (exact) mass is 377 g/mol. The van der Waals surface area contributed by atoms with Crippen molar-refractivity contribution in [2.24, 2.45) is 0 Å². The summed E-state index contributed by atoms with van der Waals surface area (Å²) in [5, 5.41) is 0. The summed E-state index contributed by atoms with van der Waals surface area (Å²) >= 11 is 0. The Morgan fingerprint density at radius 1 is 0.962 bits per heavy atom. The highest BCUT2D eigenvalue weighted by atomic mass is 32.2. The van der Waals surface area contributed by atoms with Gasteiger partial charge in [-0.15, -0.1) is 0 Å². The van der Waals surface area contributed by atoms with Gasteiger partial charge in [0.1, 0.15) is 18.1 Å². The highest BCUT2D eigenvalue weighted by Crippen LogP contribution is 2.25. The topological polar surface area (TPSA) is 64.6 Å². The molecule has 0 atom stereocenters. The molecule has 0 saturated heterocycles. The van der Waals surface area contributed by atoms with Gasteiger partial charge < -0.3 is 9.47 Å². The average molecular weight is 378 g/mol. The smallest absolute Gasteiger partial charge is 0.240 e. The van der Waals surface area contributed by atoms with Gasteiger partial charge in [0.15, 0.2) is 0 Å². The first-order valence-electron chi connectivity index (χ1n) is 8.66. The number of nitrogens with one attached hydrogen (secondary N) is 1. The van der Waals surface area contributed by atoms with E-state index in [2.05, 4.69) is 4.72 Å². The summed E-state index contributed by atoms with van der Waals surface area (Å²) in [6.45, 7) is 10.3. The molecule has 26 heavy (non-hydrogen) atoms. The van der Waals surface area contributed by atoms with Gasteiger partial charge in [0.25, 0.3) is 0 Å². The Morgan fingerprint density at radius 3 is 2.19 bits per heavy atom. The van der Waals surface area contributed by atoms with Crippen molar-refractivity contribution in [3.8, 4) is 11.5 Å². The van der Waals surface area contributed by atoms with Crippen molar-refractivity contribution in [1.82, 2.24) is 4.72 Å². The number of hydrogen-bond donors (Lipinski definition) is 1. The first-order valence-corrected chi connectivity index (χ1v) is 10.1. The molecule has 0 aliphatic heterocycles. The van der Waals surface area contributed by atoms with Gasteiger partial charge in [-0.25, -0.2) is 13.1 Å². The molecule has 2 aromatic carbocycles. The van der Waals surface area contributed by atoms with Crippen LogP contribution in [-0.2, 0) is 10.0 Å². The Bertz CT molecular complexity index is 843. The third-order valence-electron chi connectivity index (χ3n) is 4.02. The lowest BCUT2D eigenvalue weighted by Crippen LogP contribution is -2.28. The zero-order valence-electron chi connectivity index (χ0n) is 16.0. The number of sulfonamides is 1. The summed E-state index contributed by atoms with van der Waals surface area (Å²) in [6.07, 6.45) is 0.0428. The van der Waals surface area contributed by atoms with Gasteiger partial charge in [-0.3, -0.25) is 0 Å². The Balaban J connectivity index is 1.93. The van der Waals surface area contributed by atoms with Gasteiger partial charge in [-0.2, -0.15) is 0 Å². The molecule has 0 bridgehead atoms. The quantitative estimate of drug-likeness (QED) is 0.712. The van der Waals surface area contributed by atoms with Crippen molar-refractivity contribution in [3.63, 3.8) is 0 Å². The normalized spacial score (nSPS) is 11.6. The van der Waals surface area contributed by atoms with Gasteiger partial charge in [-0.05, 0) is 75.6 Å². The molecule has 5 nitrogen and oxygen atoms in total. The summed E-state index contributed by atoms with van der Waals surface area (Å²) in [6, 6.07) is 10.4. The lowest BCUT2D eigenvalue weighted by atomic mass is 10.1. The van der Waals surface area contributed by atoms with Crippen LogP contribution in [0, 0.1) is 20.8 Å². The maximum absolute atomic E-state index is 12.4. The molecule has 2 rings (SSSR count). The van der Waals surface area contributed by atoms with Crippen LogP contribution >= 0.6 is 0 Å². The minimum atomic E-state index is -3.57. The van der Waals surface area contributed by atoms with E-state index in [-0.39, 0.29) is 24.2 Å². The zero-order valence-corrected chi connectivity index (χ0v) is 16.8. The fourth-order valence-electron chi connectivity index (χ4n) is 2.53. The lowest BCUT2D eigenvalue weighted by molar-refractivity contribution is 0.242. The molecule has 0 radical (unpaired) electrons. The summed E-state index contributed by atoms with van der Waals surface area (Å²) < 4.78 is 38.6. The Morgan fingerprint density at radius 2 is 1.58 bits per heavy atom. The molecule has 1 N–H and O–H groups in total. The first-order chi connectivity index (χ1) is 12.2. The molecule has 0 heterocycles. The average Bonchev–Trinajstić information content (AvgIpc) is 2.57. The SMILES string of the molecule is Cc1ccc(C)c(OCCNS(=O)(=O)c2ccc(OC(C)C)cc2)c1C. The molecular weight excluding hydrogens is 350 g/mol. The molecule has 0 saturated carbocycles. The van der Waals surface area contributed by atoms with Gasteiger partial charge >= 0.3 is 0 Å². The maximum atomic E-state index is 12.4. The van der Waals surface area contributed by atoms with Crippen LogP contribution in [0.25, 0.3) is 0 Å². The third-order valence-corrected chi connectivity index (χ3v) is 5.50. The van der Waals surface area contributed by atoms with E-state index >= 15 is 0 Å². The van der Waals surface area contributed by atoms with Crippen molar-refractivity contribution in [3.05, 3.63) is 53.1 Å². The van der Waals surface area contributed by atoms with Gasteiger partial charge in [0, 0.05) is 6.54 Å². The fraction of sp³-hybridized carbons (Fsp3) is 0.400. The zero-order chi connectivity index (χ0) is 19.3. The van der Waals surface area contributed by atoms with Crippen LogP contribution in [0.3, 0.4) is 0 Å². The van der Waals surface area contributed by atoms with E-state index in [1.54, 1.807) is 12.1 Å². The van der Waals surface area contributed by atoms with Crippen LogP contribution in [-0.4, -0.2) is 27.7 Å². The van der Waals surface area contributed by atoms with Crippen molar-refractivity contribution in [2.45, 2.75) is 45.6 Å². The number of aryl methyl sites for hydroxylation is 2. The predicted molar refractivity (Wildman–Crippen MR) is 104 cm³/mol. The van der Waals surface area contributed by atoms with Crippen LogP contribution in [0.2, 0.25) is 0 Å². The molecule has 0 aliphatic carbocycles. The van der Waals surface area contributed by atoms with Crippen LogP contribution in [0.1, 0.15) is 30.5 Å². The number of hydrogen-bond acceptors (Lipinski definition) is 4. The fourth-order valence-corrected chi connectivity index (χ4v) is 3.54. The third kappa shape index (κ3) is 5.22. The Hall–Kier alpha value is -2.05. The Kier molecular flexibility index (Phi) is 6.67. The van der Waals surface area contributed by atoms with E-state index in [0.717, 1.165) is 22.4 Å². The van der Waals surface area contributed by atoms with Crippen LogP contribution in [0.4, 0.5) is 0 Å². The largest absolute Gasteiger partial charge is 0.492 e. The molecule has 0 amide bonds. The van der Waals surface area contributed by atoms with E-state index in [4.69, 9.17) is 9.47 Å². The summed E-state index contributed by atoms with van der Waals surface area (Å²) in [5.74, 6) is 1.46. The molecule has 0 unspecified atom stereocenters. The molecule has 0 spiro atoms. The second kappa shape index (κ2) is 8.56. The summed E-state index contributed by atoms with van der Waals surface area (Å²) in [7, 11) is -3.57. The lowest BCUT2D eigenvalue weighted by Gasteiger charge is -2.14. The molecule has 142 valence electrons. The van der Waals surface area contributed by atoms with Gasteiger partial charge in [-0.1, -0.05) is 12.1 Å². The molecule has 6 heteroatoms. The highest BCUT2D eigenvalue weighted by Gasteiger charge is 2.14. The number of ether oxygens (including phenoxy) is 2. The van der Waals surface area contributed by atoms with Crippen LogP contribution in [0.15, 0.2) is 41.3 Å². The van der Waals surface area contributed by atoms with E-state index in [1.807, 2.05) is 46.8 Å². The second-order valence-electron chi connectivity index (χ2n) is 6.54. The first kappa shape index (κ1) is 20.3. The van der Waals surface area contributed by atoms with Crippen LogP contribution < -0.4 is 14.2 Å². The number of benzene rings is 2. The van der Waals surface area contributed by atoms with Gasteiger partial charge in [0.05, 0.1) is 11.0 Å². The van der Waals surface area contributed by atoms with E-state index in [9.17, 15) is 8.42 Å².